The van der Waals surface area contributed by atoms with Gasteiger partial charge in [-0.25, -0.2) is 9.18 Å². The second-order valence-corrected chi connectivity index (χ2v) is 8.52. The lowest BCUT2D eigenvalue weighted by atomic mass is 10.1. The highest BCUT2D eigenvalue weighted by Gasteiger charge is 2.17. The smallest absolute Gasteiger partial charge is 0.407 e. The molecule has 35 heavy (non-hydrogen) atoms. The molecule has 2 amide bonds. The molecule has 0 aliphatic carbocycles. The molecule has 1 heterocycles. The van der Waals surface area contributed by atoms with Crippen molar-refractivity contribution in [1.29, 1.82) is 0 Å². The number of carbonyl (C=O) groups excluding carboxylic acids is 2. The first kappa shape index (κ1) is 26.0. The molecule has 0 aliphatic rings. The molecule has 2 N–H and O–H groups in total. The zero-order valence-electron chi connectivity index (χ0n) is 19.7. The van der Waals surface area contributed by atoms with Crippen LogP contribution in [0.1, 0.15) is 32.7 Å². The number of ether oxygens (including phenoxy) is 2. The Kier molecular flexibility index (Phi) is 8.29. The van der Waals surface area contributed by atoms with E-state index in [2.05, 4.69) is 31.3 Å². The lowest BCUT2D eigenvalue weighted by Gasteiger charge is -2.17. The molecule has 1 aromatic heterocycles. The van der Waals surface area contributed by atoms with Crippen LogP contribution in [-0.4, -0.2) is 30.7 Å². The molecule has 0 radical (unpaired) electrons. The molecular formula is C25H25BrFN3O5. The van der Waals surface area contributed by atoms with Crippen molar-refractivity contribution in [1.82, 2.24) is 15.2 Å². The number of hydrogen-bond donors (Lipinski definition) is 2. The van der Waals surface area contributed by atoms with Gasteiger partial charge in [0.25, 0.3) is 11.5 Å². The van der Waals surface area contributed by atoms with Crippen molar-refractivity contribution in [3.8, 4) is 11.4 Å². The summed E-state index contributed by atoms with van der Waals surface area (Å²) in [6.45, 7) is 3.69. The fourth-order valence-electron chi connectivity index (χ4n) is 3.52. The summed E-state index contributed by atoms with van der Waals surface area (Å²) in [6.07, 6.45) is -0.640. The number of methoxy groups -OCH3 is 1. The van der Waals surface area contributed by atoms with Gasteiger partial charge < -0.3 is 20.1 Å². The Morgan fingerprint density at radius 1 is 1.09 bits per heavy atom. The van der Waals surface area contributed by atoms with Crippen LogP contribution in [0.3, 0.4) is 0 Å². The van der Waals surface area contributed by atoms with Crippen LogP contribution in [0.2, 0.25) is 0 Å². The van der Waals surface area contributed by atoms with E-state index in [0.29, 0.717) is 33.8 Å². The molecule has 0 unspecified atom stereocenters. The molecule has 2 aromatic carbocycles. The number of nitrogens with zero attached hydrogens (tertiary/aromatic N) is 1. The van der Waals surface area contributed by atoms with Crippen molar-refractivity contribution in [2.24, 2.45) is 0 Å². The molecule has 0 saturated carbocycles. The molecule has 0 aliphatic heterocycles. The molecule has 0 saturated heterocycles. The van der Waals surface area contributed by atoms with Crippen LogP contribution in [0.25, 0.3) is 5.69 Å². The summed E-state index contributed by atoms with van der Waals surface area (Å²) >= 11 is 3.34. The minimum atomic E-state index is -0.640. The summed E-state index contributed by atoms with van der Waals surface area (Å²) in [7, 11) is 2.78. The van der Waals surface area contributed by atoms with Crippen molar-refractivity contribution in [2.45, 2.75) is 27.0 Å². The molecule has 10 heteroatoms. The molecule has 8 nitrogen and oxygen atoms in total. The Hall–Kier alpha value is -3.66. The second kappa shape index (κ2) is 11.2. The first-order chi connectivity index (χ1) is 16.7. The summed E-state index contributed by atoms with van der Waals surface area (Å²) in [5.74, 6) is -0.405. The van der Waals surface area contributed by atoms with Crippen LogP contribution < -0.4 is 20.9 Å². The van der Waals surface area contributed by atoms with Crippen LogP contribution >= 0.6 is 15.9 Å². The van der Waals surface area contributed by atoms with E-state index in [1.165, 1.54) is 23.8 Å². The quantitative estimate of drug-likeness (QED) is 0.464. The van der Waals surface area contributed by atoms with Gasteiger partial charge >= 0.3 is 6.09 Å². The Morgan fingerprint density at radius 2 is 1.83 bits per heavy atom. The fraction of sp³-hybridized carbons (Fsp3) is 0.240. The SMILES string of the molecule is CNC(=O)c1ccc(C)c(-n2c(C)cc(OCc3ccc(F)cc3CNC(=O)OC)c(Br)c2=O)c1. The number of alkyl carbamates (subject to hydrolysis) is 1. The predicted octanol–water partition coefficient (Wildman–Crippen LogP) is 4.15. The van der Waals surface area contributed by atoms with Gasteiger partial charge in [0.05, 0.1) is 12.8 Å². The van der Waals surface area contributed by atoms with Crippen LogP contribution in [0.4, 0.5) is 9.18 Å². The van der Waals surface area contributed by atoms with Gasteiger partial charge in [0.2, 0.25) is 0 Å². The lowest BCUT2D eigenvalue weighted by molar-refractivity contribution is 0.0963. The summed E-state index contributed by atoms with van der Waals surface area (Å²) in [4.78, 5) is 36.8. The number of nitrogens with one attached hydrogen (secondary N) is 2. The topological polar surface area (TPSA) is 98.7 Å². The summed E-state index contributed by atoms with van der Waals surface area (Å²) < 4.78 is 25.9. The van der Waals surface area contributed by atoms with Crippen molar-refractivity contribution < 1.29 is 23.5 Å². The number of pyridine rings is 1. The van der Waals surface area contributed by atoms with Crippen LogP contribution in [0.5, 0.6) is 5.75 Å². The molecule has 0 spiro atoms. The number of halogens is 2. The number of hydrogen-bond acceptors (Lipinski definition) is 5. The Morgan fingerprint density at radius 3 is 2.51 bits per heavy atom. The highest BCUT2D eigenvalue weighted by atomic mass is 79.9. The number of aryl methyl sites for hydroxylation is 2. The fourth-order valence-corrected chi connectivity index (χ4v) is 3.92. The van der Waals surface area contributed by atoms with E-state index in [0.717, 1.165) is 5.56 Å². The Balaban J connectivity index is 1.92. The molecule has 0 bridgehead atoms. The summed E-state index contributed by atoms with van der Waals surface area (Å²) in [6, 6.07) is 11.0. The first-order valence-corrected chi connectivity index (χ1v) is 11.4. The van der Waals surface area contributed by atoms with Gasteiger partial charge in [-0.2, -0.15) is 0 Å². The summed E-state index contributed by atoms with van der Waals surface area (Å²) in [5, 5.41) is 5.10. The normalized spacial score (nSPS) is 10.6. The van der Waals surface area contributed by atoms with E-state index in [9.17, 15) is 18.8 Å². The van der Waals surface area contributed by atoms with Gasteiger partial charge in [0.1, 0.15) is 22.6 Å². The number of benzene rings is 2. The van der Waals surface area contributed by atoms with Gasteiger partial charge in [-0.1, -0.05) is 12.1 Å². The molecular weight excluding hydrogens is 521 g/mol. The molecule has 184 valence electrons. The zero-order chi connectivity index (χ0) is 25.7. The van der Waals surface area contributed by atoms with E-state index >= 15 is 0 Å². The maximum atomic E-state index is 13.8. The molecule has 0 fully saturated rings. The highest BCUT2D eigenvalue weighted by Crippen LogP contribution is 2.27. The van der Waals surface area contributed by atoms with E-state index in [1.807, 2.05) is 6.92 Å². The van der Waals surface area contributed by atoms with E-state index in [4.69, 9.17) is 4.74 Å². The second-order valence-electron chi connectivity index (χ2n) is 7.73. The third-order valence-corrected chi connectivity index (χ3v) is 6.13. The molecule has 3 aromatic rings. The van der Waals surface area contributed by atoms with Crippen LogP contribution in [0, 0.1) is 19.7 Å². The minimum Gasteiger partial charge on any atom is -0.487 e. The van der Waals surface area contributed by atoms with Gasteiger partial charge in [-0.3, -0.25) is 14.2 Å². The maximum Gasteiger partial charge on any atom is 0.407 e. The van der Waals surface area contributed by atoms with E-state index in [1.54, 1.807) is 44.3 Å². The van der Waals surface area contributed by atoms with Gasteiger partial charge in [0, 0.05) is 30.9 Å². The van der Waals surface area contributed by atoms with Gasteiger partial charge in [-0.15, -0.1) is 0 Å². The average Bonchev–Trinajstić information content (AvgIpc) is 2.85. The number of carbonyl (C=O) groups is 2. The maximum absolute atomic E-state index is 13.8. The van der Waals surface area contributed by atoms with Crippen molar-refractivity contribution >= 4 is 27.9 Å². The largest absolute Gasteiger partial charge is 0.487 e. The number of amides is 2. The van der Waals surface area contributed by atoms with Gasteiger partial charge in [-0.05, 0) is 70.7 Å². The lowest BCUT2D eigenvalue weighted by Crippen LogP contribution is -2.24. The first-order valence-electron chi connectivity index (χ1n) is 10.6. The van der Waals surface area contributed by atoms with Gasteiger partial charge in [0.15, 0.2) is 0 Å². The highest BCUT2D eigenvalue weighted by molar-refractivity contribution is 9.10. The van der Waals surface area contributed by atoms with E-state index < -0.39 is 11.9 Å². The zero-order valence-corrected chi connectivity index (χ0v) is 21.3. The summed E-state index contributed by atoms with van der Waals surface area (Å²) in [5.41, 5.74) is 3.21. The third-order valence-electron chi connectivity index (χ3n) is 5.40. The van der Waals surface area contributed by atoms with Crippen LogP contribution in [-0.2, 0) is 17.9 Å². The monoisotopic (exact) mass is 545 g/mol. The number of rotatable bonds is 7. The Labute approximate surface area is 210 Å². The van der Waals surface area contributed by atoms with Crippen LogP contribution in [0.15, 0.2) is 51.7 Å². The predicted molar refractivity (Wildman–Crippen MR) is 133 cm³/mol. The average molecular weight is 546 g/mol. The number of aromatic nitrogens is 1. The van der Waals surface area contributed by atoms with E-state index in [-0.39, 0.29) is 29.1 Å². The molecule has 3 rings (SSSR count). The molecule has 0 atom stereocenters. The van der Waals surface area contributed by atoms with Crippen molar-refractivity contribution in [3.63, 3.8) is 0 Å². The van der Waals surface area contributed by atoms with Crippen molar-refractivity contribution in [3.05, 3.63) is 91.1 Å². The van der Waals surface area contributed by atoms with Crippen molar-refractivity contribution in [2.75, 3.05) is 14.2 Å². The standard InChI is InChI=1S/C25H25BrFN3O5/c1-14-5-6-16(23(31)28-3)11-20(14)30-15(2)9-21(22(26)24(30)32)35-13-17-7-8-19(27)10-18(17)12-29-25(33)34-4/h5-11H,12-13H2,1-4H3,(H,28,31)(H,29,33). The third kappa shape index (κ3) is 5.89. The Bertz CT molecular complexity index is 1340. The minimum absolute atomic E-state index is 0.0329.